The Morgan fingerprint density at radius 1 is 1.15 bits per heavy atom. The second-order valence-corrected chi connectivity index (χ2v) is 5.54. The van der Waals surface area contributed by atoms with Gasteiger partial charge in [-0.3, -0.25) is 0 Å². The minimum Gasteiger partial charge on any atom is -0.494 e. The molecule has 2 rings (SSSR count). The van der Waals surface area contributed by atoms with E-state index in [1.165, 1.54) is 18.4 Å². The molecule has 0 spiro atoms. The summed E-state index contributed by atoms with van der Waals surface area (Å²) in [6.07, 6.45) is 4.88. The summed E-state index contributed by atoms with van der Waals surface area (Å²) in [7, 11) is 0. The molecule has 3 nitrogen and oxygen atoms in total. The molecule has 0 radical (unpaired) electrons. The fourth-order valence-corrected chi connectivity index (χ4v) is 1.99. The minimum absolute atomic E-state index is 0.790. The van der Waals surface area contributed by atoms with Crippen LogP contribution in [0.2, 0.25) is 0 Å². The maximum absolute atomic E-state index is 5.61. The Morgan fingerprint density at radius 3 is 2.65 bits per heavy atom. The van der Waals surface area contributed by atoms with Crippen LogP contribution in [0.5, 0.6) is 5.75 Å². The molecule has 0 saturated heterocycles. The highest BCUT2D eigenvalue weighted by Gasteiger charge is 2.20. The van der Waals surface area contributed by atoms with Crippen molar-refractivity contribution in [1.29, 1.82) is 0 Å². The molecule has 0 unspecified atom stereocenters. The quantitative estimate of drug-likeness (QED) is 0.629. The van der Waals surface area contributed by atoms with Crippen molar-refractivity contribution in [2.45, 2.75) is 39.2 Å². The third-order valence-corrected chi connectivity index (χ3v) is 3.42. The van der Waals surface area contributed by atoms with Gasteiger partial charge in [0.2, 0.25) is 0 Å². The molecule has 1 N–H and O–H groups in total. The zero-order valence-electron chi connectivity index (χ0n) is 12.6. The molecule has 1 fully saturated rings. The maximum atomic E-state index is 5.61. The summed E-state index contributed by atoms with van der Waals surface area (Å²) in [6, 6.07) is 8.35. The summed E-state index contributed by atoms with van der Waals surface area (Å²) in [4.78, 5) is 0. The first-order valence-electron chi connectivity index (χ1n) is 7.88. The Kier molecular flexibility index (Phi) is 6.89. The van der Waals surface area contributed by atoms with Crippen LogP contribution in [0, 0.1) is 5.92 Å². The second-order valence-electron chi connectivity index (χ2n) is 5.54. The summed E-state index contributed by atoms with van der Waals surface area (Å²) in [5.74, 6) is 1.83. The molecule has 0 heterocycles. The van der Waals surface area contributed by atoms with Crippen molar-refractivity contribution in [3.05, 3.63) is 29.8 Å². The average molecular weight is 277 g/mol. The first kappa shape index (κ1) is 15.3. The Morgan fingerprint density at radius 2 is 1.95 bits per heavy atom. The van der Waals surface area contributed by atoms with Crippen molar-refractivity contribution in [2.75, 3.05) is 26.4 Å². The average Bonchev–Trinajstić information content (AvgIpc) is 3.29. The third kappa shape index (κ3) is 6.40. The molecule has 20 heavy (non-hydrogen) atoms. The first-order chi connectivity index (χ1) is 9.88. The van der Waals surface area contributed by atoms with Crippen molar-refractivity contribution in [1.82, 2.24) is 5.32 Å². The SMILES string of the molecule is CCCOc1ccc(CNCCCOCC2CC2)cc1. The summed E-state index contributed by atoms with van der Waals surface area (Å²) < 4.78 is 11.2. The summed E-state index contributed by atoms with van der Waals surface area (Å²) in [6.45, 7) is 6.69. The lowest BCUT2D eigenvalue weighted by atomic mass is 10.2. The summed E-state index contributed by atoms with van der Waals surface area (Å²) in [5.41, 5.74) is 1.30. The standard InChI is InChI=1S/C17H27NO2/c1-2-11-20-17-8-6-15(7-9-17)13-18-10-3-12-19-14-16-4-5-16/h6-9,16,18H,2-5,10-14H2,1H3. The van der Waals surface area contributed by atoms with Gasteiger partial charge in [-0.25, -0.2) is 0 Å². The molecule has 1 aromatic rings. The van der Waals surface area contributed by atoms with Gasteiger partial charge in [-0.2, -0.15) is 0 Å². The van der Waals surface area contributed by atoms with E-state index in [9.17, 15) is 0 Å². The van der Waals surface area contributed by atoms with E-state index >= 15 is 0 Å². The van der Waals surface area contributed by atoms with Gasteiger partial charge in [0.1, 0.15) is 5.75 Å². The summed E-state index contributed by atoms with van der Waals surface area (Å²) in [5, 5.41) is 3.45. The molecular formula is C17H27NO2. The van der Waals surface area contributed by atoms with E-state index < -0.39 is 0 Å². The van der Waals surface area contributed by atoms with Crippen molar-refractivity contribution in [3.8, 4) is 5.75 Å². The van der Waals surface area contributed by atoms with Crippen LogP contribution in [0.15, 0.2) is 24.3 Å². The van der Waals surface area contributed by atoms with E-state index in [4.69, 9.17) is 9.47 Å². The van der Waals surface area contributed by atoms with Crippen LogP contribution in [0.1, 0.15) is 38.2 Å². The molecule has 112 valence electrons. The molecule has 0 bridgehead atoms. The zero-order chi connectivity index (χ0) is 14.0. The van der Waals surface area contributed by atoms with E-state index in [-0.39, 0.29) is 0 Å². The van der Waals surface area contributed by atoms with Crippen molar-refractivity contribution in [2.24, 2.45) is 5.92 Å². The Bertz CT molecular complexity index is 360. The normalized spacial score (nSPS) is 14.4. The van der Waals surface area contributed by atoms with Crippen molar-refractivity contribution in [3.63, 3.8) is 0 Å². The minimum atomic E-state index is 0.790. The second kappa shape index (κ2) is 8.98. The maximum Gasteiger partial charge on any atom is 0.119 e. The van der Waals surface area contributed by atoms with Gasteiger partial charge in [-0.1, -0.05) is 19.1 Å². The van der Waals surface area contributed by atoms with Gasteiger partial charge in [-0.05, 0) is 55.8 Å². The van der Waals surface area contributed by atoms with Crippen molar-refractivity contribution < 1.29 is 9.47 Å². The largest absolute Gasteiger partial charge is 0.494 e. The van der Waals surface area contributed by atoms with Crippen LogP contribution >= 0.6 is 0 Å². The lowest BCUT2D eigenvalue weighted by Crippen LogP contribution is -2.16. The monoisotopic (exact) mass is 277 g/mol. The Hall–Kier alpha value is -1.06. The van der Waals surface area contributed by atoms with Gasteiger partial charge >= 0.3 is 0 Å². The van der Waals surface area contributed by atoms with E-state index in [1.807, 2.05) is 12.1 Å². The smallest absolute Gasteiger partial charge is 0.119 e. The Balaban J connectivity index is 1.49. The van der Waals surface area contributed by atoms with E-state index in [1.54, 1.807) is 0 Å². The highest BCUT2D eigenvalue weighted by atomic mass is 16.5. The van der Waals surface area contributed by atoms with E-state index in [0.29, 0.717) is 0 Å². The fraction of sp³-hybridized carbons (Fsp3) is 0.647. The molecular weight excluding hydrogens is 250 g/mol. The number of ether oxygens (including phenoxy) is 2. The van der Waals surface area contributed by atoms with Gasteiger partial charge in [-0.15, -0.1) is 0 Å². The van der Waals surface area contributed by atoms with E-state index in [2.05, 4.69) is 24.4 Å². The highest BCUT2D eigenvalue weighted by Crippen LogP contribution is 2.28. The predicted molar refractivity (Wildman–Crippen MR) is 82.1 cm³/mol. The number of rotatable bonds is 11. The zero-order valence-corrected chi connectivity index (χ0v) is 12.6. The number of hydrogen-bond acceptors (Lipinski definition) is 3. The highest BCUT2D eigenvalue weighted by molar-refractivity contribution is 5.27. The molecule has 1 aliphatic rings. The third-order valence-electron chi connectivity index (χ3n) is 3.42. The van der Waals surface area contributed by atoms with Crippen LogP contribution < -0.4 is 10.1 Å². The molecule has 0 aliphatic heterocycles. The molecule has 3 heteroatoms. The van der Waals surface area contributed by atoms with E-state index in [0.717, 1.165) is 57.4 Å². The lowest BCUT2D eigenvalue weighted by molar-refractivity contribution is 0.122. The van der Waals surface area contributed by atoms with Crippen LogP contribution in [-0.2, 0) is 11.3 Å². The number of benzene rings is 1. The molecule has 1 aromatic carbocycles. The van der Waals surface area contributed by atoms with Gasteiger partial charge < -0.3 is 14.8 Å². The molecule has 1 aliphatic carbocycles. The van der Waals surface area contributed by atoms with Gasteiger partial charge in [0.05, 0.1) is 6.61 Å². The molecule has 1 saturated carbocycles. The fourth-order valence-electron chi connectivity index (χ4n) is 1.99. The Labute approximate surface area is 122 Å². The summed E-state index contributed by atoms with van der Waals surface area (Å²) >= 11 is 0. The number of hydrogen-bond donors (Lipinski definition) is 1. The first-order valence-corrected chi connectivity index (χ1v) is 7.88. The molecule has 0 aromatic heterocycles. The van der Waals surface area contributed by atoms with Gasteiger partial charge in [0, 0.05) is 19.8 Å². The molecule has 0 amide bonds. The van der Waals surface area contributed by atoms with Crippen LogP contribution in [-0.4, -0.2) is 26.4 Å². The lowest BCUT2D eigenvalue weighted by Gasteiger charge is -2.07. The number of nitrogens with one attached hydrogen (secondary N) is 1. The van der Waals surface area contributed by atoms with Crippen molar-refractivity contribution >= 4 is 0 Å². The molecule has 0 atom stereocenters. The predicted octanol–water partition coefficient (Wildman–Crippen LogP) is 3.38. The van der Waals surface area contributed by atoms with Crippen LogP contribution in [0.25, 0.3) is 0 Å². The van der Waals surface area contributed by atoms with Gasteiger partial charge in [0.15, 0.2) is 0 Å². The van der Waals surface area contributed by atoms with Gasteiger partial charge in [0.25, 0.3) is 0 Å². The van der Waals surface area contributed by atoms with Crippen LogP contribution in [0.4, 0.5) is 0 Å². The van der Waals surface area contributed by atoms with Crippen LogP contribution in [0.3, 0.4) is 0 Å². The topological polar surface area (TPSA) is 30.5 Å².